The maximum atomic E-state index is 12.0. The summed E-state index contributed by atoms with van der Waals surface area (Å²) in [5, 5.41) is 8.77. The molecule has 6 nitrogen and oxygen atoms in total. The number of hydrogen-bond acceptors (Lipinski definition) is 4. The quantitative estimate of drug-likeness (QED) is 0.888. The minimum Gasteiger partial charge on any atom is -0.480 e. The molecule has 1 aromatic rings. The Bertz CT molecular complexity index is 492. The summed E-state index contributed by atoms with van der Waals surface area (Å²) in [6, 6.07) is 9.51. The van der Waals surface area contributed by atoms with E-state index in [-0.39, 0.29) is 25.3 Å². The first-order valence-electron chi connectivity index (χ1n) is 6.94. The Hall–Kier alpha value is -2.08. The number of benzene rings is 1. The fourth-order valence-corrected chi connectivity index (χ4v) is 2.43. The lowest BCUT2D eigenvalue weighted by molar-refractivity contribution is -0.138. The number of amides is 1. The molecule has 1 amide bonds. The molecule has 0 spiro atoms. The summed E-state index contributed by atoms with van der Waals surface area (Å²) in [5.74, 6) is -0.843. The average Bonchev–Trinajstić information content (AvgIpc) is 2.92. The smallest absolute Gasteiger partial charge is 0.410 e. The van der Waals surface area contributed by atoms with Gasteiger partial charge in [0, 0.05) is 26.2 Å². The second-order valence-electron chi connectivity index (χ2n) is 5.22. The first-order valence-corrected chi connectivity index (χ1v) is 6.94. The molecule has 1 saturated heterocycles. The number of carbonyl (C=O) groups is 2. The molecule has 0 saturated carbocycles. The van der Waals surface area contributed by atoms with Gasteiger partial charge >= 0.3 is 12.1 Å². The number of likely N-dealkylation sites (N-methyl/N-ethyl adjacent to an activating group) is 1. The van der Waals surface area contributed by atoms with Crippen LogP contribution in [0.1, 0.15) is 12.0 Å². The van der Waals surface area contributed by atoms with Crippen LogP contribution in [0.5, 0.6) is 0 Å². The number of rotatable bonds is 5. The predicted octanol–water partition coefficient (Wildman–Crippen LogP) is 1.41. The van der Waals surface area contributed by atoms with E-state index >= 15 is 0 Å². The fourth-order valence-electron chi connectivity index (χ4n) is 2.43. The summed E-state index contributed by atoms with van der Waals surface area (Å²) in [4.78, 5) is 26.1. The Labute approximate surface area is 123 Å². The zero-order chi connectivity index (χ0) is 15.2. The van der Waals surface area contributed by atoms with Gasteiger partial charge < -0.3 is 14.7 Å². The summed E-state index contributed by atoms with van der Waals surface area (Å²) in [5.41, 5.74) is 0.943. The molecule has 1 aromatic carbocycles. The van der Waals surface area contributed by atoms with E-state index in [1.54, 1.807) is 11.9 Å². The van der Waals surface area contributed by atoms with E-state index in [0.717, 1.165) is 12.0 Å². The molecular formula is C15H20N2O4. The highest BCUT2D eigenvalue weighted by Gasteiger charge is 2.29. The number of hydrogen-bond donors (Lipinski definition) is 1. The first-order chi connectivity index (χ1) is 10.1. The summed E-state index contributed by atoms with van der Waals surface area (Å²) < 4.78 is 5.27. The molecule has 0 bridgehead atoms. The molecule has 0 aromatic heterocycles. The molecule has 1 aliphatic rings. The molecule has 114 valence electrons. The second-order valence-corrected chi connectivity index (χ2v) is 5.22. The molecule has 21 heavy (non-hydrogen) atoms. The number of carboxylic acids is 1. The van der Waals surface area contributed by atoms with Crippen molar-refractivity contribution in [2.75, 3.05) is 26.7 Å². The highest BCUT2D eigenvalue weighted by atomic mass is 16.6. The standard InChI is InChI=1S/C15H20N2O4/c1-16(13-7-8-17(9-13)10-14(18)19)15(20)21-11-12-5-3-2-4-6-12/h2-6,13H,7-11H2,1H3,(H,18,19). The van der Waals surface area contributed by atoms with Gasteiger partial charge in [-0.05, 0) is 12.0 Å². The SMILES string of the molecule is CN(C(=O)OCc1ccccc1)C1CCN(CC(=O)O)C1. The van der Waals surface area contributed by atoms with Crippen molar-refractivity contribution >= 4 is 12.1 Å². The molecule has 1 N–H and O–H groups in total. The van der Waals surface area contributed by atoms with Crippen LogP contribution in [0.25, 0.3) is 0 Å². The third kappa shape index (κ3) is 4.46. The third-order valence-electron chi connectivity index (χ3n) is 3.65. The minimum absolute atomic E-state index is 0.00706. The number of aliphatic carboxylic acids is 1. The Morgan fingerprint density at radius 2 is 2.10 bits per heavy atom. The van der Waals surface area contributed by atoms with Crippen molar-refractivity contribution in [2.24, 2.45) is 0 Å². The summed E-state index contributed by atoms with van der Waals surface area (Å²) in [6.45, 7) is 1.52. The highest BCUT2D eigenvalue weighted by molar-refractivity contribution is 5.69. The first kappa shape index (κ1) is 15.3. The van der Waals surface area contributed by atoms with Crippen LogP contribution in [0.15, 0.2) is 30.3 Å². The predicted molar refractivity (Wildman–Crippen MR) is 76.9 cm³/mol. The number of carboxylic acid groups (broad SMARTS) is 1. The van der Waals surface area contributed by atoms with Gasteiger partial charge in [0.2, 0.25) is 0 Å². The van der Waals surface area contributed by atoms with Gasteiger partial charge in [-0.2, -0.15) is 0 Å². The number of ether oxygens (including phenoxy) is 1. The van der Waals surface area contributed by atoms with Crippen LogP contribution >= 0.6 is 0 Å². The van der Waals surface area contributed by atoms with Crippen LogP contribution in [-0.2, 0) is 16.1 Å². The van der Waals surface area contributed by atoms with Gasteiger partial charge in [-0.3, -0.25) is 9.69 Å². The second kappa shape index (κ2) is 7.08. The maximum absolute atomic E-state index is 12.0. The Morgan fingerprint density at radius 3 is 2.76 bits per heavy atom. The van der Waals surface area contributed by atoms with E-state index in [2.05, 4.69) is 0 Å². The van der Waals surface area contributed by atoms with Gasteiger partial charge in [-0.25, -0.2) is 4.79 Å². The van der Waals surface area contributed by atoms with E-state index in [0.29, 0.717) is 13.1 Å². The van der Waals surface area contributed by atoms with E-state index in [4.69, 9.17) is 9.84 Å². The zero-order valence-electron chi connectivity index (χ0n) is 12.1. The van der Waals surface area contributed by atoms with Crippen LogP contribution in [0.4, 0.5) is 4.79 Å². The van der Waals surface area contributed by atoms with Crippen molar-refractivity contribution in [1.82, 2.24) is 9.80 Å². The van der Waals surface area contributed by atoms with Crippen LogP contribution in [0.3, 0.4) is 0 Å². The average molecular weight is 292 g/mol. The van der Waals surface area contributed by atoms with Crippen molar-refractivity contribution < 1.29 is 19.4 Å². The Kier molecular flexibility index (Phi) is 5.16. The number of nitrogens with zero attached hydrogens (tertiary/aromatic N) is 2. The molecule has 1 aliphatic heterocycles. The van der Waals surface area contributed by atoms with E-state index in [1.807, 2.05) is 35.2 Å². The molecule has 1 fully saturated rings. The van der Waals surface area contributed by atoms with Crippen molar-refractivity contribution in [1.29, 1.82) is 0 Å². The summed E-state index contributed by atoms with van der Waals surface area (Å²) >= 11 is 0. The van der Waals surface area contributed by atoms with Crippen LogP contribution in [-0.4, -0.2) is 59.7 Å². The fraction of sp³-hybridized carbons (Fsp3) is 0.467. The summed E-state index contributed by atoms with van der Waals surface area (Å²) in [7, 11) is 1.70. The van der Waals surface area contributed by atoms with Gasteiger partial charge in [0.1, 0.15) is 6.61 Å². The molecule has 1 unspecified atom stereocenters. The number of likely N-dealkylation sites (tertiary alicyclic amines) is 1. The van der Waals surface area contributed by atoms with Crippen LogP contribution in [0.2, 0.25) is 0 Å². The maximum Gasteiger partial charge on any atom is 0.410 e. The van der Waals surface area contributed by atoms with Crippen LogP contribution in [0, 0.1) is 0 Å². The molecule has 2 rings (SSSR count). The van der Waals surface area contributed by atoms with Gasteiger partial charge in [-0.15, -0.1) is 0 Å². The third-order valence-corrected chi connectivity index (χ3v) is 3.65. The van der Waals surface area contributed by atoms with Crippen molar-refractivity contribution in [3.8, 4) is 0 Å². The zero-order valence-corrected chi connectivity index (χ0v) is 12.1. The van der Waals surface area contributed by atoms with E-state index in [1.165, 1.54) is 0 Å². The van der Waals surface area contributed by atoms with Gasteiger partial charge in [0.25, 0.3) is 0 Å². The normalized spacial score (nSPS) is 18.4. The largest absolute Gasteiger partial charge is 0.480 e. The molecule has 1 heterocycles. The lowest BCUT2D eigenvalue weighted by atomic mass is 10.2. The number of carbonyl (C=O) groups excluding carboxylic acids is 1. The topological polar surface area (TPSA) is 70.1 Å². The molecule has 6 heteroatoms. The molecule has 0 radical (unpaired) electrons. The van der Waals surface area contributed by atoms with Crippen molar-refractivity contribution in [3.63, 3.8) is 0 Å². The van der Waals surface area contributed by atoms with Gasteiger partial charge in [0.05, 0.1) is 6.54 Å². The molecule has 1 atom stereocenters. The molecule has 0 aliphatic carbocycles. The van der Waals surface area contributed by atoms with Crippen molar-refractivity contribution in [2.45, 2.75) is 19.1 Å². The van der Waals surface area contributed by atoms with Gasteiger partial charge in [0.15, 0.2) is 0 Å². The minimum atomic E-state index is -0.843. The lowest BCUT2D eigenvalue weighted by Gasteiger charge is -2.24. The summed E-state index contributed by atoms with van der Waals surface area (Å²) in [6.07, 6.45) is 0.394. The monoisotopic (exact) mass is 292 g/mol. The van der Waals surface area contributed by atoms with E-state index < -0.39 is 5.97 Å². The van der Waals surface area contributed by atoms with Crippen molar-refractivity contribution in [3.05, 3.63) is 35.9 Å². The van der Waals surface area contributed by atoms with Crippen LogP contribution < -0.4 is 0 Å². The Balaban J connectivity index is 1.79. The highest BCUT2D eigenvalue weighted by Crippen LogP contribution is 2.15. The van der Waals surface area contributed by atoms with Gasteiger partial charge in [-0.1, -0.05) is 30.3 Å². The lowest BCUT2D eigenvalue weighted by Crippen LogP contribution is -2.40. The molecular weight excluding hydrogens is 272 g/mol. The Morgan fingerprint density at radius 1 is 1.38 bits per heavy atom. The van der Waals surface area contributed by atoms with E-state index in [9.17, 15) is 9.59 Å².